The van der Waals surface area contributed by atoms with E-state index in [4.69, 9.17) is 0 Å². The van der Waals surface area contributed by atoms with Crippen molar-refractivity contribution in [3.63, 3.8) is 0 Å². The molecule has 0 atom stereocenters. The molecule has 14 heavy (non-hydrogen) atoms. The Kier molecular flexibility index (Phi) is 2.58. The summed E-state index contributed by atoms with van der Waals surface area (Å²) in [6, 6.07) is 0. The molecule has 2 rings (SSSR count). The van der Waals surface area contributed by atoms with Crippen LogP contribution in [0.25, 0.3) is 5.82 Å². The molecule has 0 unspecified atom stereocenters. The molecule has 0 fully saturated rings. The molecule has 0 aliphatic rings. The van der Waals surface area contributed by atoms with E-state index >= 15 is 0 Å². The van der Waals surface area contributed by atoms with E-state index in [0.717, 1.165) is 16.7 Å². The van der Waals surface area contributed by atoms with Crippen LogP contribution in [0.4, 0.5) is 0 Å². The van der Waals surface area contributed by atoms with E-state index in [1.54, 1.807) is 10.9 Å². The van der Waals surface area contributed by atoms with Gasteiger partial charge in [-0.25, -0.2) is 14.6 Å². The summed E-state index contributed by atoms with van der Waals surface area (Å²) in [5.74, 6) is 0.764. The average Bonchev–Trinajstić information content (AvgIpc) is 2.67. The molecule has 2 heterocycles. The van der Waals surface area contributed by atoms with Crippen LogP contribution in [0.15, 0.2) is 29.4 Å². The van der Waals surface area contributed by atoms with Gasteiger partial charge in [0.15, 0.2) is 5.82 Å². The van der Waals surface area contributed by atoms with Gasteiger partial charge < -0.3 is 0 Å². The summed E-state index contributed by atoms with van der Waals surface area (Å²) in [5.41, 5.74) is 1.19. The molecule has 0 N–H and O–H groups in total. The van der Waals surface area contributed by atoms with Crippen molar-refractivity contribution in [3.05, 3.63) is 35.0 Å². The second-order valence-electron chi connectivity index (χ2n) is 2.84. The third kappa shape index (κ3) is 1.68. The highest BCUT2D eigenvalue weighted by Gasteiger charge is 2.04. The van der Waals surface area contributed by atoms with Gasteiger partial charge in [0.05, 0.1) is 10.7 Å². The van der Waals surface area contributed by atoms with E-state index in [9.17, 15) is 0 Å². The Balaban J connectivity index is 2.44. The Bertz CT molecular complexity index is 438. The molecule has 0 bridgehead atoms. The van der Waals surface area contributed by atoms with E-state index in [2.05, 4.69) is 37.9 Å². The normalized spacial score (nSPS) is 10.4. The maximum absolute atomic E-state index is 4.21. The summed E-state index contributed by atoms with van der Waals surface area (Å²) in [6.45, 7) is 2.09. The van der Waals surface area contributed by atoms with Gasteiger partial charge in [-0.1, -0.05) is 6.92 Å². The van der Waals surface area contributed by atoms with Crippen LogP contribution in [0.5, 0.6) is 0 Å². The van der Waals surface area contributed by atoms with Crippen LogP contribution in [0.1, 0.15) is 12.5 Å². The highest BCUT2D eigenvalue weighted by atomic mass is 79.9. The van der Waals surface area contributed by atoms with E-state index < -0.39 is 0 Å². The molecule has 0 spiro atoms. The molecule has 0 radical (unpaired) electrons. The minimum atomic E-state index is 0.764. The lowest BCUT2D eigenvalue weighted by Gasteiger charge is -2.00. The largest absolute Gasteiger partial charge is 0.243 e. The van der Waals surface area contributed by atoms with Crippen molar-refractivity contribution in [2.24, 2.45) is 0 Å². The van der Waals surface area contributed by atoms with Crippen molar-refractivity contribution >= 4 is 15.9 Å². The number of aromatic nitrogens is 4. The Morgan fingerprint density at radius 3 is 2.93 bits per heavy atom. The predicted octanol–water partition coefficient (Wildman–Crippen LogP) is 1.99. The van der Waals surface area contributed by atoms with E-state index in [-0.39, 0.29) is 0 Å². The SMILES string of the molecule is CCc1cnn(-c2ncncc2Br)c1. The molecule has 0 saturated heterocycles. The van der Waals surface area contributed by atoms with E-state index in [1.165, 1.54) is 11.9 Å². The van der Waals surface area contributed by atoms with Crippen LogP contribution in [-0.2, 0) is 6.42 Å². The first-order chi connectivity index (χ1) is 6.81. The molecule has 0 saturated carbocycles. The molecular weight excluding hydrogens is 244 g/mol. The number of rotatable bonds is 2. The van der Waals surface area contributed by atoms with Crippen molar-refractivity contribution in [2.75, 3.05) is 0 Å². The van der Waals surface area contributed by atoms with Gasteiger partial charge in [0.25, 0.3) is 0 Å². The van der Waals surface area contributed by atoms with Gasteiger partial charge in [0.1, 0.15) is 6.33 Å². The zero-order valence-electron chi connectivity index (χ0n) is 7.68. The molecule has 5 heteroatoms. The summed E-state index contributed by atoms with van der Waals surface area (Å²) in [4.78, 5) is 8.04. The van der Waals surface area contributed by atoms with Crippen molar-refractivity contribution in [1.29, 1.82) is 0 Å². The first-order valence-corrected chi connectivity index (χ1v) is 5.10. The second kappa shape index (κ2) is 3.88. The number of aryl methyl sites for hydroxylation is 1. The molecule has 4 nitrogen and oxygen atoms in total. The zero-order chi connectivity index (χ0) is 9.97. The molecular formula is C9H9BrN4. The van der Waals surface area contributed by atoms with Crippen LogP contribution in [-0.4, -0.2) is 19.7 Å². The predicted molar refractivity (Wildman–Crippen MR) is 56.2 cm³/mol. The standard InChI is InChI=1S/C9H9BrN4/c1-2-7-3-13-14(5-7)9-8(10)4-11-6-12-9/h3-6H,2H2,1H3. The molecule has 2 aromatic heterocycles. The minimum Gasteiger partial charge on any atom is -0.243 e. The first-order valence-electron chi connectivity index (χ1n) is 4.30. The smallest absolute Gasteiger partial charge is 0.170 e. The van der Waals surface area contributed by atoms with Crippen LogP contribution < -0.4 is 0 Å². The number of hydrogen-bond acceptors (Lipinski definition) is 3. The van der Waals surface area contributed by atoms with Gasteiger partial charge in [-0.2, -0.15) is 5.10 Å². The van der Waals surface area contributed by atoms with Crippen molar-refractivity contribution in [2.45, 2.75) is 13.3 Å². The quantitative estimate of drug-likeness (QED) is 0.821. The fourth-order valence-electron chi connectivity index (χ4n) is 1.13. The fraction of sp³-hybridized carbons (Fsp3) is 0.222. The minimum absolute atomic E-state index is 0.764. The maximum Gasteiger partial charge on any atom is 0.170 e. The van der Waals surface area contributed by atoms with Crippen molar-refractivity contribution in [3.8, 4) is 5.82 Å². The number of halogens is 1. The molecule has 0 amide bonds. The van der Waals surface area contributed by atoms with Crippen LogP contribution in [0, 0.1) is 0 Å². The summed E-state index contributed by atoms with van der Waals surface area (Å²) in [6.07, 6.45) is 7.99. The molecule has 0 aliphatic carbocycles. The lowest BCUT2D eigenvalue weighted by Crippen LogP contribution is -1.99. The highest BCUT2D eigenvalue weighted by molar-refractivity contribution is 9.10. The Labute approximate surface area is 90.1 Å². The molecule has 0 aromatic carbocycles. The second-order valence-corrected chi connectivity index (χ2v) is 3.70. The van der Waals surface area contributed by atoms with Gasteiger partial charge in [-0.15, -0.1) is 0 Å². The van der Waals surface area contributed by atoms with Gasteiger partial charge in [0, 0.05) is 12.4 Å². The van der Waals surface area contributed by atoms with Crippen LogP contribution in [0.3, 0.4) is 0 Å². The van der Waals surface area contributed by atoms with Gasteiger partial charge in [0.2, 0.25) is 0 Å². The Morgan fingerprint density at radius 1 is 1.43 bits per heavy atom. The monoisotopic (exact) mass is 252 g/mol. The van der Waals surface area contributed by atoms with E-state index in [0.29, 0.717) is 0 Å². The van der Waals surface area contributed by atoms with Gasteiger partial charge in [-0.3, -0.25) is 0 Å². The first kappa shape index (κ1) is 9.33. The van der Waals surface area contributed by atoms with Crippen LogP contribution in [0.2, 0.25) is 0 Å². The number of hydrogen-bond donors (Lipinski definition) is 0. The third-order valence-electron chi connectivity index (χ3n) is 1.91. The number of nitrogens with zero attached hydrogens (tertiary/aromatic N) is 4. The topological polar surface area (TPSA) is 43.6 Å². The third-order valence-corrected chi connectivity index (χ3v) is 2.47. The summed E-state index contributed by atoms with van der Waals surface area (Å²) in [5, 5.41) is 4.21. The zero-order valence-corrected chi connectivity index (χ0v) is 9.27. The summed E-state index contributed by atoms with van der Waals surface area (Å²) >= 11 is 3.38. The Hall–Kier alpha value is -1.23. The van der Waals surface area contributed by atoms with Crippen molar-refractivity contribution in [1.82, 2.24) is 19.7 Å². The average molecular weight is 253 g/mol. The van der Waals surface area contributed by atoms with E-state index in [1.807, 2.05) is 12.4 Å². The summed E-state index contributed by atoms with van der Waals surface area (Å²) in [7, 11) is 0. The van der Waals surface area contributed by atoms with Crippen LogP contribution >= 0.6 is 15.9 Å². The summed E-state index contributed by atoms with van der Waals surface area (Å²) < 4.78 is 2.58. The molecule has 72 valence electrons. The Morgan fingerprint density at radius 2 is 2.29 bits per heavy atom. The molecule has 2 aromatic rings. The van der Waals surface area contributed by atoms with Gasteiger partial charge >= 0.3 is 0 Å². The van der Waals surface area contributed by atoms with Gasteiger partial charge in [-0.05, 0) is 27.9 Å². The lowest BCUT2D eigenvalue weighted by molar-refractivity contribution is 0.832. The highest BCUT2D eigenvalue weighted by Crippen LogP contribution is 2.16. The maximum atomic E-state index is 4.21. The molecule has 0 aliphatic heterocycles. The van der Waals surface area contributed by atoms with Crippen molar-refractivity contribution < 1.29 is 0 Å². The lowest BCUT2D eigenvalue weighted by atomic mass is 10.3. The fourth-order valence-corrected chi connectivity index (χ4v) is 1.54.